The Kier molecular flexibility index (Phi) is 1.47. The molecule has 2 aromatic rings. The van der Waals surface area contributed by atoms with Crippen LogP contribution in [0.5, 0.6) is 0 Å². The van der Waals surface area contributed by atoms with Crippen LogP contribution >= 0.6 is 0 Å². The zero-order valence-corrected chi connectivity index (χ0v) is 8.15. The predicted molar refractivity (Wildman–Crippen MR) is 52.0 cm³/mol. The number of hydrogen-bond donors (Lipinski definition) is 0. The van der Waals surface area contributed by atoms with E-state index in [0.717, 1.165) is 11.1 Å². The van der Waals surface area contributed by atoms with Crippen molar-refractivity contribution in [3.05, 3.63) is 29.7 Å². The summed E-state index contributed by atoms with van der Waals surface area (Å²) in [6, 6.07) is 6.04. The summed E-state index contributed by atoms with van der Waals surface area (Å²) < 4.78 is 10.8. The van der Waals surface area contributed by atoms with Crippen molar-refractivity contribution in [3.8, 4) is 0 Å². The highest BCUT2D eigenvalue weighted by molar-refractivity contribution is 5.73. The molecule has 1 aromatic carbocycles. The first kappa shape index (κ1) is 8.00. The number of ether oxygens (including phenoxy) is 1. The van der Waals surface area contributed by atoms with Crippen molar-refractivity contribution in [3.63, 3.8) is 0 Å². The zero-order chi connectivity index (χ0) is 9.71. The van der Waals surface area contributed by atoms with E-state index in [4.69, 9.17) is 9.15 Å². The molecule has 3 rings (SSSR count). The third kappa shape index (κ3) is 1.13. The minimum Gasteiger partial charge on any atom is -0.441 e. The Morgan fingerprint density at radius 1 is 1.36 bits per heavy atom. The smallest absolute Gasteiger partial charge is 0.192 e. The molecule has 1 fully saturated rings. The van der Waals surface area contributed by atoms with Crippen molar-refractivity contribution in [1.82, 2.24) is 4.98 Å². The molecule has 0 spiro atoms. The lowest BCUT2D eigenvalue weighted by Crippen LogP contribution is -1.82. The number of benzene rings is 1. The first-order chi connectivity index (χ1) is 6.74. The van der Waals surface area contributed by atoms with E-state index in [1.54, 1.807) is 0 Å². The number of oxazole rings is 1. The summed E-state index contributed by atoms with van der Waals surface area (Å²) in [4.78, 5) is 4.29. The van der Waals surface area contributed by atoms with Gasteiger partial charge in [-0.25, -0.2) is 4.98 Å². The fourth-order valence-electron chi connectivity index (χ4n) is 1.77. The average Bonchev–Trinajstić information content (AvgIpc) is 2.76. The number of fused-ring (bicyclic) bond motifs is 1. The highest BCUT2D eigenvalue weighted by Gasteiger charge is 2.35. The second kappa shape index (κ2) is 2.58. The van der Waals surface area contributed by atoms with Crippen LogP contribution in [0.25, 0.3) is 11.1 Å². The highest BCUT2D eigenvalue weighted by Crippen LogP contribution is 2.38. The van der Waals surface area contributed by atoms with Crippen molar-refractivity contribution < 1.29 is 9.15 Å². The summed E-state index contributed by atoms with van der Waals surface area (Å²) in [6.45, 7) is 3.93. The second-order valence-electron chi connectivity index (χ2n) is 3.72. The minimum atomic E-state index is 0.261. The summed E-state index contributed by atoms with van der Waals surface area (Å²) in [7, 11) is 0. The summed E-state index contributed by atoms with van der Waals surface area (Å²) in [6.07, 6.45) is 0.608. The molecule has 2 heterocycles. The summed E-state index contributed by atoms with van der Waals surface area (Å²) >= 11 is 0. The number of nitrogens with zero attached hydrogens (tertiary/aromatic N) is 1. The lowest BCUT2D eigenvalue weighted by atomic mass is 10.1. The number of aromatic nitrogens is 1. The molecule has 14 heavy (non-hydrogen) atoms. The summed E-state index contributed by atoms with van der Waals surface area (Å²) in [5.74, 6) is 0.710. The topological polar surface area (TPSA) is 38.6 Å². The lowest BCUT2D eigenvalue weighted by molar-refractivity contribution is 0.383. The van der Waals surface area contributed by atoms with Crippen LogP contribution in [-0.4, -0.2) is 11.1 Å². The molecule has 0 bridgehead atoms. The van der Waals surface area contributed by atoms with Crippen molar-refractivity contribution in [2.45, 2.75) is 26.1 Å². The predicted octanol–water partition coefficient (Wildman–Crippen LogP) is 2.60. The van der Waals surface area contributed by atoms with Gasteiger partial charge in [-0.1, -0.05) is 6.07 Å². The van der Waals surface area contributed by atoms with Crippen LogP contribution in [0.3, 0.4) is 0 Å². The van der Waals surface area contributed by atoms with Crippen LogP contribution in [0.15, 0.2) is 22.6 Å². The third-order valence-corrected chi connectivity index (χ3v) is 2.56. The molecule has 1 aromatic heterocycles. The molecule has 0 amide bonds. The molecule has 0 saturated carbocycles. The summed E-state index contributed by atoms with van der Waals surface area (Å²) in [5.41, 5.74) is 2.96. The van der Waals surface area contributed by atoms with E-state index in [1.165, 1.54) is 5.56 Å². The van der Waals surface area contributed by atoms with Gasteiger partial charge in [0.1, 0.15) is 11.6 Å². The summed E-state index contributed by atoms with van der Waals surface area (Å²) in [5, 5.41) is 0. The molecule has 0 radical (unpaired) electrons. The highest BCUT2D eigenvalue weighted by atomic mass is 16.6. The Morgan fingerprint density at radius 3 is 2.86 bits per heavy atom. The van der Waals surface area contributed by atoms with Crippen molar-refractivity contribution >= 4 is 11.1 Å². The van der Waals surface area contributed by atoms with Gasteiger partial charge in [-0.15, -0.1) is 0 Å². The van der Waals surface area contributed by atoms with Gasteiger partial charge < -0.3 is 9.15 Å². The van der Waals surface area contributed by atoms with E-state index in [-0.39, 0.29) is 6.10 Å². The van der Waals surface area contributed by atoms with Gasteiger partial charge in [0.15, 0.2) is 11.5 Å². The molecule has 72 valence electrons. The van der Waals surface area contributed by atoms with E-state index in [0.29, 0.717) is 12.0 Å². The molecular formula is C11H11NO2. The Morgan fingerprint density at radius 2 is 2.14 bits per heavy atom. The molecule has 3 heteroatoms. The van der Waals surface area contributed by atoms with Gasteiger partial charge in [0.05, 0.1) is 6.10 Å². The van der Waals surface area contributed by atoms with Crippen LogP contribution in [0.4, 0.5) is 0 Å². The van der Waals surface area contributed by atoms with E-state index in [9.17, 15) is 0 Å². The van der Waals surface area contributed by atoms with Crippen LogP contribution in [0.1, 0.15) is 24.5 Å². The van der Waals surface area contributed by atoms with Crippen LogP contribution in [0, 0.1) is 6.92 Å². The molecule has 1 saturated heterocycles. The van der Waals surface area contributed by atoms with Crippen molar-refractivity contribution in [2.24, 2.45) is 0 Å². The average molecular weight is 189 g/mol. The standard InChI is InChI=1S/C11H11NO2/c1-6-11(13-6)8-3-4-10-9(5-8)12-7(2)14-10/h3-6,11H,1-2H3. The minimum absolute atomic E-state index is 0.261. The largest absolute Gasteiger partial charge is 0.441 e. The molecule has 1 aliphatic heterocycles. The Labute approximate surface area is 81.7 Å². The maximum atomic E-state index is 5.40. The Hall–Kier alpha value is -1.35. The fourth-order valence-corrected chi connectivity index (χ4v) is 1.77. The first-order valence-corrected chi connectivity index (χ1v) is 4.76. The molecular weight excluding hydrogens is 178 g/mol. The van der Waals surface area contributed by atoms with Crippen molar-refractivity contribution in [2.75, 3.05) is 0 Å². The zero-order valence-electron chi connectivity index (χ0n) is 8.15. The van der Waals surface area contributed by atoms with Gasteiger partial charge >= 0.3 is 0 Å². The number of rotatable bonds is 1. The number of epoxide rings is 1. The number of aryl methyl sites for hydroxylation is 1. The van der Waals surface area contributed by atoms with Crippen LogP contribution in [0.2, 0.25) is 0 Å². The Bertz CT molecular complexity index is 489. The van der Waals surface area contributed by atoms with Crippen LogP contribution in [-0.2, 0) is 4.74 Å². The molecule has 2 unspecified atom stereocenters. The van der Waals surface area contributed by atoms with Gasteiger partial charge in [-0.2, -0.15) is 0 Å². The maximum absolute atomic E-state index is 5.40. The monoisotopic (exact) mass is 189 g/mol. The first-order valence-electron chi connectivity index (χ1n) is 4.76. The number of hydrogen-bond acceptors (Lipinski definition) is 3. The van der Waals surface area contributed by atoms with Crippen molar-refractivity contribution in [1.29, 1.82) is 0 Å². The van der Waals surface area contributed by atoms with E-state index in [2.05, 4.69) is 11.9 Å². The molecule has 3 nitrogen and oxygen atoms in total. The van der Waals surface area contributed by atoms with Gasteiger partial charge in [0, 0.05) is 6.92 Å². The van der Waals surface area contributed by atoms with E-state index in [1.807, 2.05) is 25.1 Å². The lowest BCUT2D eigenvalue weighted by Gasteiger charge is -1.93. The second-order valence-corrected chi connectivity index (χ2v) is 3.72. The Balaban J connectivity index is 2.10. The SMILES string of the molecule is Cc1nc2cc(C3OC3C)ccc2o1. The van der Waals surface area contributed by atoms with Gasteiger partial charge in [-0.05, 0) is 24.6 Å². The van der Waals surface area contributed by atoms with Crippen LogP contribution < -0.4 is 0 Å². The quantitative estimate of drug-likeness (QED) is 0.647. The van der Waals surface area contributed by atoms with E-state index >= 15 is 0 Å². The van der Waals surface area contributed by atoms with E-state index < -0.39 is 0 Å². The normalized spacial score (nSPS) is 25.6. The van der Waals surface area contributed by atoms with Gasteiger partial charge in [-0.3, -0.25) is 0 Å². The molecule has 0 N–H and O–H groups in total. The third-order valence-electron chi connectivity index (χ3n) is 2.56. The van der Waals surface area contributed by atoms with Gasteiger partial charge in [0.2, 0.25) is 0 Å². The molecule has 0 aliphatic carbocycles. The maximum Gasteiger partial charge on any atom is 0.192 e. The fraction of sp³-hybridized carbons (Fsp3) is 0.364. The van der Waals surface area contributed by atoms with Gasteiger partial charge in [0.25, 0.3) is 0 Å². The molecule has 2 atom stereocenters. The molecule has 1 aliphatic rings.